The van der Waals surface area contributed by atoms with Crippen LogP contribution in [0.2, 0.25) is 0 Å². The first-order valence-corrected chi connectivity index (χ1v) is 9.88. The molecule has 2 aliphatic carbocycles. The van der Waals surface area contributed by atoms with Crippen LogP contribution >= 0.6 is 0 Å². The van der Waals surface area contributed by atoms with Gasteiger partial charge in [0.25, 0.3) is 17.7 Å². The minimum atomic E-state index is -0.825. The lowest BCUT2D eigenvalue weighted by Crippen LogP contribution is -2.51. The van der Waals surface area contributed by atoms with Crippen LogP contribution in [0.25, 0.3) is 0 Å². The van der Waals surface area contributed by atoms with Gasteiger partial charge >= 0.3 is 0 Å². The number of nitrogens with one attached hydrogen (secondary N) is 1. The largest absolute Gasteiger partial charge is 0.481 e. The lowest BCUT2D eigenvalue weighted by Gasteiger charge is -2.22. The number of amides is 3. The standard InChI is InChI=1S/C22H26N2O4/c1-11(2)17-15-9-10-16(17)19-18(15)21(26)24(22(19)27)23-20(25)13(4)28-14-7-5-12(3)6-8-14/h5-8,13,15-16,18-19H,9-10H2,1-4H3,(H,23,25)/t13-,15-,16+,18+,19+/m1/s1. The van der Waals surface area contributed by atoms with Gasteiger partial charge in [-0.2, -0.15) is 5.01 Å². The third-order valence-electron chi connectivity index (χ3n) is 6.35. The first-order valence-electron chi connectivity index (χ1n) is 9.88. The van der Waals surface area contributed by atoms with Crippen LogP contribution in [0.1, 0.15) is 39.2 Å². The molecule has 1 heterocycles. The Kier molecular flexibility index (Phi) is 4.52. The van der Waals surface area contributed by atoms with Crippen LogP contribution in [0, 0.1) is 30.6 Å². The van der Waals surface area contributed by atoms with E-state index in [0.717, 1.165) is 23.4 Å². The number of allylic oxidation sites excluding steroid dienone is 2. The smallest absolute Gasteiger partial charge is 0.279 e. The zero-order valence-corrected chi connectivity index (χ0v) is 16.7. The highest BCUT2D eigenvalue weighted by Crippen LogP contribution is 2.59. The van der Waals surface area contributed by atoms with Crippen molar-refractivity contribution < 1.29 is 19.1 Å². The molecule has 1 aromatic carbocycles. The third-order valence-corrected chi connectivity index (χ3v) is 6.35. The zero-order chi connectivity index (χ0) is 20.2. The van der Waals surface area contributed by atoms with Crippen molar-refractivity contribution in [2.75, 3.05) is 0 Å². The summed E-state index contributed by atoms with van der Waals surface area (Å²) >= 11 is 0. The number of fused-ring (bicyclic) bond motifs is 5. The first kappa shape index (κ1) is 18.7. The number of aryl methyl sites for hydroxylation is 1. The lowest BCUT2D eigenvalue weighted by atomic mass is 9.81. The first-order chi connectivity index (χ1) is 13.3. The molecule has 3 fully saturated rings. The molecule has 1 aromatic rings. The predicted molar refractivity (Wildman–Crippen MR) is 103 cm³/mol. The Morgan fingerprint density at radius 3 is 2.11 bits per heavy atom. The fourth-order valence-corrected chi connectivity index (χ4v) is 5.18. The molecule has 6 heteroatoms. The van der Waals surface area contributed by atoms with Crippen LogP contribution in [-0.2, 0) is 14.4 Å². The molecule has 0 radical (unpaired) electrons. The van der Waals surface area contributed by atoms with Gasteiger partial charge in [0.05, 0.1) is 11.8 Å². The summed E-state index contributed by atoms with van der Waals surface area (Å²) in [6.07, 6.45) is 1.06. The van der Waals surface area contributed by atoms with E-state index in [9.17, 15) is 14.4 Å². The highest BCUT2D eigenvalue weighted by atomic mass is 16.5. The van der Waals surface area contributed by atoms with Crippen molar-refractivity contribution in [1.82, 2.24) is 10.4 Å². The maximum atomic E-state index is 12.9. The van der Waals surface area contributed by atoms with Gasteiger partial charge in [-0.1, -0.05) is 28.8 Å². The lowest BCUT2D eigenvalue weighted by molar-refractivity contribution is -0.151. The summed E-state index contributed by atoms with van der Waals surface area (Å²) in [5.41, 5.74) is 6.11. The summed E-state index contributed by atoms with van der Waals surface area (Å²) in [6.45, 7) is 7.68. The van der Waals surface area contributed by atoms with Gasteiger partial charge in [0.1, 0.15) is 5.75 Å². The van der Waals surface area contributed by atoms with Crippen LogP contribution in [0.3, 0.4) is 0 Å². The van der Waals surface area contributed by atoms with E-state index in [1.807, 2.05) is 19.1 Å². The maximum Gasteiger partial charge on any atom is 0.279 e. The number of hydrazine groups is 1. The molecule has 3 aliphatic rings. The van der Waals surface area contributed by atoms with Gasteiger partial charge in [0.2, 0.25) is 0 Å². The van der Waals surface area contributed by atoms with E-state index >= 15 is 0 Å². The molecule has 28 heavy (non-hydrogen) atoms. The van der Waals surface area contributed by atoms with Gasteiger partial charge in [-0.3, -0.25) is 19.8 Å². The summed E-state index contributed by atoms with van der Waals surface area (Å²) in [4.78, 5) is 38.4. The van der Waals surface area contributed by atoms with Gasteiger partial charge in [-0.05, 0) is 64.5 Å². The average Bonchev–Trinajstić information content (AvgIpc) is 3.29. The minimum absolute atomic E-state index is 0.139. The second kappa shape index (κ2) is 6.76. The van der Waals surface area contributed by atoms with Gasteiger partial charge in [-0.15, -0.1) is 0 Å². The van der Waals surface area contributed by atoms with Crippen LogP contribution in [0.15, 0.2) is 35.4 Å². The molecule has 4 rings (SSSR count). The molecule has 2 saturated carbocycles. The van der Waals surface area contributed by atoms with Crippen molar-refractivity contribution in [3.8, 4) is 5.75 Å². The number of hydrogen-bond acceptors (Lipinski definition) is 4. The Morgan fingerprint density at radius 2 is 1.61 bits per heavy atom. The number of ether oxygens (including phenoxy) is 1. The number of hydrogen-bond donors (Lipinski definition) is 1. The quantitative estimate of drug-likeness (QED) is 0.642. The maximum absolute atomic E-state index is 12.9. The Morgan fingerprint density at radius 1 is 1.07 bits per heavy atom. The molecule has 1 saturated heterocycles. The van der Waals surface area contributed by atoms with Crippen LogP contribution in [0.4, 0.5) is 0 Å². The van der Waals surface area contributed by atoms with Gasteiger partial charge in [0, 0.05) is 0 Å². The fraction of sp³-hybridized carbons (Fsp3) is 0.500. The summed E-state index contributed by atoms with van der Waals surface area (Å²) in [5, 5.41) is 0.944. The van der Waals surface area contributed by atoms with Gasteiger partial charge < -0.3 is 4.74 Å². The van der Waals surface area contributed by atoms with E-state index < -0.39 is 12.0 Å². The van der Waals surface area contributed by atoms with Crippen molar-refractivity contribution in [3.05, 3.63) is 41.0 Å². The monoisotopic (exact) mass is 382 g/mol. The van der Waals surface area contributed by atoms with Crippen molar-refractivity contribution in [2.24, 2.45) is 23.7 Å². The van der Waals surface area contributed by atoms with Crippen molar-refractivity contribution in [2.45, 2.75) is 46.6 Å². The molecule has 5 atom stereocenters. The molecule has 1 aliphatic heterocycles. The normalized spacial score (nSPS) is 29.1. The Balaban J connectivity index is 1.46. The highest BCUT2D eigenvalue weighted by molar-refractivity contribution is 6.07. The number of rotatable bonds is 4. The fourth-order valence-electron chi connectivity index (χ4n) is 5.18. The van der Waals surface area contributed by atoms with Crippen molar-refractivity contribution in [3.63, 3.8) is 0 Å². The average molecular weight is 382 g/mol. The molecule has 3 amide bonds. The summed E-state index contributed by atoms with van der Waals surface area (Å²) in [5.74, 6) is -0.880. The third kappa shape index (κ3) is 2.82. The van der Waals surface area contributed by atoms with E-state index in [2.05, 4.69) is 19.3 Å². The SMILES string of the molecule is CC(C)=C1[C@H]2CC[C@@H]1[C@@H]1C(=O)N(NC(=O)[C@@H](C)Oc3ccc(C)cc3)C(=O)[C@H]12. The molecule has 0 spiro atoms. The molecule has 0 unspecified atom stereocenters. The number of benzene rings is 1. The Labute approximate surface area is 164 Å². The number of carbonyl (C=O) groups excluding carboxylic acids is 3. The van der Waals surface area contributed by atoms with E-state index in [4.69, 9.17) is 4.74 Å². The zero-order valence-electron chi connectivity index (χ0n) is 16.7. The number of carbonyl (C=O) groups is 3. The second-order valence-electron chi connectivity index (χ2n) is 8.36. The number of imide groups is 1. The highest BCUT2D eigenvalue weighted by Gasteiger charge is 2.63. The van der Waals surface area contributed by atoms with E-state index in [1.165, 1.54) is 11.1 Å². The molecular formula is C22H26N2O4. The van der Waals surface area contributed by atoms with E-state index in [1.54, 1.807) is 19.1 Å². The predicted octanol–water partition coefficient (Wildman–Crippen LogP) is 2.77. The Bertz CT molecular complexity index is 837. The van der Waals surface area contributed by atoms with Crippen LogP contribution < -0.4 is 10.2 Å². The number of nitrogens with zero attached hydrogens (tertiary/aromatic N) is 1. The molecule has 148 valence electrons. The topological polar surface area (TPSA) is 75.7 Å². The summed E-state index contributed by atoms with van der Waals surface area (Å²) in [7, 11) is 0. The van der Waals surface area contributed by atoms with E-state index in [0.29, 0.717) is 5.75 Å². The van der Waals surface area contributed by atoms with Gasteiger partial charge in [0.15, 0.2) is 6.10 Å². The summed E-state index contributed by atoms with van der Waals surface area (Å²) < 4.78 is 5.64. The molecule has 0 aromatic heterocycles. The van der Waals surface area contributed by atoms with Crippen molar-refractivity contribution in [1.29, 1.82) is 0 Å². The minimum Gasteiger partial charge on any atom is -0.481 e. The molecular weight excluding hydrogens is 356 g/mol. The van der Waals surface area contributed by atoms with Crippen LogP contribution in [-0.4, -0.2) is 28.8 Å². The molecule has 6 nitrogen and oxygen atoms in total. The summed E-state index contributed by atoms with van der Waals surface area (Å²) in [6, 6.07) is 7.36. The van der Waals surface area contributed by atoms with Gasteiger partial charge in [-0.25, -0.2) is 0 Å². The second-order valence-corrected chi connectivity index (χ2v) is 8.36. The van der Waals surface area contributed by atoms with Crippen LogP contribution in [0.5, 0.6) is 5.75 Å². The molecule has 1 N–H and O–H groups in total. The Hall–Kier alpha value is -2.63. The van der Waals surface area contributed by atoms with E-state index in [-0.39, 0.29) is 35.5 Å². The van der Waals surface area contributed by atoms with Crippen molar-refractivity contribution >= 4 is 17.7 Å². The molecule has 2 bridgehead atoms.